The summed E-state index contributed by atoms with van der Waals surface area (Å²) >= 11 is 6.35. The Bertz CT molecular complexity index is 2120. The number of esters is 3. The van der Waals surface area contributed by atoms with Gasteiger partial charge >= 0.3 is 17.9 Å². The number of aromatic nitrogens is 4. The number of unbranched alkanes of at least 4 members (excludes halogenated alkanes) is 12. The molecule has 63 heavy (non-hydrogen) atoms. The molecular weight excluding hydrogens is 822 g/mol. The molecule has 0 saturated carbocycles. The number of amides is 1. The lowest BCUT2D eigenvalue weighted by molar-refractivity contribution is -0.145. The van der Waals surface area contributed by atoms with Gasteiger partial charge in [-0.15, -0.1) is 0 Å². The molecule has 2 aromatic carbocycles. The number of ether oxygens (including phenoxy) is 4. The number of anilines is 1. The number of methoxy groups -OCH3 is 1. The van der Waals surface area contributed by atoms with Crippen LogP contribution in [0.3, 0.4) is 0 Å². The van der Waals surface area contributed by atoms with E-state index in [0.29, 0.717) is 47.4 Å². The number of carbonyl (C=O) groups is 4. The van der Waals surface area contributed by atoms with Gasteiger partial charge < -0.3 is 28.8 Å². The number of hydrogen-bond donors (Lipinski definition) is 1. The number of fused-ring (bicyclic) bond motifs is 1. The van der Waals surface area contributed by atoms with Crippen LogP contribution in [0.2, 0.25) is 5.28 Å². The Kier molecular flexibility index (Phi) is 21.0. The summed E-state index contributed by atoms with van der Waals surface area (Å²) in [5.74, 6) is -1.03. The Morgan fingerprint density at radius 1 is 0.873 bits per heavy atom. The van der Waals surface area contributed by atoms with Crippen molar-refractivity contribution in [2.75, 3.05) is 19.0 Å². The summed E-state index contributed by atoms with van der Waals surface area (Å²) in [4.78, 5) is 64.3. The molecule has 2 aromatic heterocycles. The van der Waals surface area contributed by atoms with Crippen molar-refractivity contribution in [3.05, 3.63) is 75.8 Å². The standard InChI is InChI=1S/C49H68ClN5O8/c1-8-9-10-11-12-13-14-15-16-17-18-19-20-25-42(58)61-31-37-23-21-22-24-39(37)47(59)62-32-38(60-7)26-27-55-33-51-44-45(53-48(50)54-46(44)55)52-41(57)30-49(5,6)43-35(3)28-34(2)29-40(43)63-36(4)56/h21-24,28-29,33,38H,8-20,25-27,30-32H2,1-7H3,(H,52,53,54,57). The van der Waals surface area contributed by atoms with Gasteiger partial charge in [-0.25, -0.2) is 9.78 Å². The van der Waals surface area contributed by atoms with Crippen molar-refractivity contribution in [3.8, 4) is 5.75 Å². The molecule has 1 amide bonds. The fourth-order valence-electron chi connectivity index (χ4n) is 8.03. The van der Waals surface area contributed by atoms with Gasteiger partial charge in [-0.2, -0.15) is 9.97 Å². The summed E-state index contributed by atoms with van der Waals surface area (Å²) in [6.45, 7) is 11.6. The third kappa shape index (κ3) is 16.6. The monoisotopic (exact) mass is 889 g/mol. The molecule has 344 valence electrons. The van der Waals surface area contributed by atoms with Crippen molar-refractivity contribution >= 4 is 52.4 Å². The molecule has 0 radical (unpaired) electrons. The average molecular weight is 891 g/mol. The van der Waals surface area contributed by atoms with Gasteiger partial charge in [0, 0.05) is 50.0 Å². The molecule has 0 aliphatic carbocycles. The Balaban J connectivity index is 1.24. The molecule has 2 heterocycles. The molecule has 1 N–H and O–H groups in total. The van der Waals surface area contributed by atoms with Gasteiger partial charge in [-0.05, 0) is 61.5 Å². The van der Waals surface area contributed by atoms with Crippen LogP contribution in [0.1, 0.15) is 163 Å². The molecule has 0 saturated heterocycles. The number of rotatable bonds is 28. The highest BCUT2D eigenvalue weighted by atomic mass is 35.5. The molecule has 14 heteroatoms. The lowest BCUT2D eigenvalue weighted by Gasteiger charge is -2.29. The summed E-state index contributed by atoms with van der Waals surface area (Å²) in [6.07, 6.45) is 18.0. The van der Waals surface area contributed by atoms with Gasteiger partial charge in [0.2, 0.25) is 11.2 Å². The predicted octanol–water partition coefficient (Wildman–Crippen LogP) is 11.1. The first-order valence-electron chi connectivity index (χ1n) is 22.6. The van der Waals surface area contributed by atoms with E-state index in [2.05, 4.69) is 27.2 Å². The van der Waals surface area contributed by atoms with E-state index in [4.69, 9.17) is 30.5 Å². The van der Waals surface area contributed by atoms with Crippen molar-refractivity contribution in [3.63, 3.8) is 0 Å². The minimum absolute atomic E-state index is 0.0159. The van der Waals surface area contributed by atoms with Crippen molar-refractivity contribution in [2.45, 2.75) is 169 Å². The average Bonchev–Trinajstić information content (AvgIpc) is 3.63. The van der Waals surface area contributed by atoms with E-state index in [1.807, 2.05) is 33.8 Å². The highest BCUT2D eigenvalue weighted by Gasteiger charge is 2.31. The molecular formula is C49H68ClN5O8. The SMILES string of the molecule is CCCCCCCCCCCCCCCC(=O)OCc1ccccc1C(=O)OCC(CCn1cnc2c(NC(=O)CC(C)(C)c3c(C)cc(C)cc3OC(C)=O)nc(Cl)nc21)OC. The molecule has 0 aliphatic rings. The van der Waals surface area contributed by atoms with Gasteiger partial charge in [-0.1, -0.05) is 122 Å². The lowest BCUT2D eigenvalue weighted by Crippen LogP contribution is -2.28. The maximum Gasteiger partial charge on any atom is 0.338 e. The minimum atomic E-state index is -0.721. The van der Waals surface area contributed by atoms with Crippen LogP contribution in [0.15, 0.2) is 42.7 Å². The largest absolute Gasteiger partial charge is 0.461 e. The quantitative estimate of drug-likeness (QED) is 0.0250. The topological polar surface area (TPSA) is 161 Å². The van der Waals surface area contributed by atoms with E-state index in [9.17, 15) is 19.2 Å². The van der Waals surface area contributed by atoms with Gasteiger partial charge in [-0.3, -0.25) is 14.4 Å². The van der Waals surface area contributed by atoms with Gasteiger partial charge in [0.05, 0.1) is 18.0 Å². The number of nitrogens with zero attached hydrogens (tertiary/aromatic N) is 4. The van der Waals surface area contributed by atoms with Crippen LogP contribution in [-0.4, -0.2) is 63.2 Å². The number of halogens is 1. The second-order valence-corrected chi connectivity index (χ2v) is 17.5. The van der Waals surface area contributed by atoms with Crippen molar-refractivity contribution in [1.82, 2.24) is 19.5 Å². The van der Waals surface area contributed by atoms with Crippen LogP contribution in [0.4, 0.5) is 5.82 Å². The number of carbonyl (C=O) groups excluding carboxylic acids is 4. The first-order valence-corrected chi connectivity index (χ1v) is 23.0. The first-order chi connectivity index (χ1) is 30.2. The van der Waals surface area contributed by atoms with Gasteiger partial charge in [0.25, 0.3) is 0 Å². The third-order valence-electron chi connectivity index (χ3n) is 11.2. The predicted molar refractivity (Wildman–Crippen MR) is 246 cm³/mol. The van der Waals surface area contributed by atoms with Crippen molar-refractivity contribution in [2.24, 2.45) is 0 Å². The zero-order valence-electron chi connectivity index (χ0n) is 38.5. The summed E-state index contributed by atoms with van der Waals surface area (Å²) in [5.41, 5.74) is 3.52. The maximum atomic E-state index is 13.5. The Morgan fingerprint density at radius 2 is 1.52 bits per heavy atom. The van der Waals surface area contributed by atoms with Crippen molar-refractivity contribution in [1.29, 1.82) is 0 Å². The third-order valence-corrected chi connectivity index (χ3v) is 11.4. The van der Waals surface area contributed by atoms with E-state index < -0.39 is 23.5 Å². The molecule has 0 spiro atoms. The molecule has 0 aliphatic heterocycles. The summed E-state index contributed by atoms with van der Waals surface area (Å²) in [7, 11) is 1.54. The Hall–Kier alpha value is -4.88. The van der Waals surface area contributed by atoms with E-state index >= 15 is 0 Å². The van der Waals surface area contributed by atoms with E-state index in [0.717, 1.165) is 36.0 Å². The van der Waals surface area contributed by atoms with Crippen LogP contribution < -0.4 is 10.1 Å². The smallest absolute Gasteiger partial charge is 0.338 e. The summed E-state index contributed by atoms with van der Waals surface area (Å²) in [5, 5.41) is 2.78. The van der Waals surface area contributed by atoms with Crippen LogP contribution in [0.5, 0.6) is 5.75 Å². The zero-order chi connectivity index (χ0) is 45.8. The van der Waals surface area contributed by atoms with Crippen LogP contribution >= 0.6 is 11.6 Å². The lowest BCUT2D eigenvalue weighted by atomic mass is 9.78. The second-order valence-electron chi connectivity index (χ2n) is 17.2. The van der Waals surface area contributed by atoms with E-state index in [1.54, 1.807) is 41.2 Å². The number of aryl methyl sites for hydroxylation is 3. The summed E-state index contributed by atoms with van der Waals surface area (Å²) < 4.78 is 24.2. The van der Waals surface area contributed by atoms with E-state index in [1.165, 1.54) is 78.2 Å². The number of imidazole rings is 1. The van der Waals surface area contributed by atoms with Crippen LogP contribution in [0, 0.1) is 13.8 Å². The molecule has 4 rings (SSSR count). The highest BCUT2D eigenvalue weighted by Crippen LogP contribution is 2.38. The molecule has 4 aromatic rings. The Labute approximate surface area is 378 Å². The Morgan fingerprint density at radius 3 is 2.17 bits per heavy atom. The summed E-state index contributed by atoms with van der Waals surface area (Å²) in [6, 6.07) is 10.7. The normalized spacial score (nSPS) is 12.0. The molecule has 0 bridgehead atoms. The number of hydrogen-bond acceptors (Lipinski definition) is 11. The molecule has 1 unspecified atom stereocenters. The maximum absolute atomic E-state index is 13.5. The highest BCUT2D eigenvalue weighted by molar-refractivity contribution is 6.28. The molecule has 0 fully saturated rings. The second kappa shape index (κ2) is 26.0. The zero-order valence-corrected chi connectivity index (χ0v) is 39.2. The van der Waals surface area contributed by atoms with E-state index in [-0.39, 0.29) is 42.6 Å². The number of nitrogens with one attached hydrogen (secondary N) is 1. The molecule has 1 atom stereocenters. The first kappa shape index (κ1) is 50.8. The van der Waals surface area contributed by atoms with Gasteiger partial charge in [0.1, 0.15) is 19.0 Å². The fourth-order valence-corrected chi connectivity index (χ4v) is 8.19. The molecule has 13 nitrogen and oxygen atoms in total. The van der Waals surface area contributed by atoms with Crippen LogP contribution in [0.25, 0.3) is 11.2 Å². The van der Waals surface area contributed by atoms with Gasteiger partial charge in [0.15, 0.2) is 17.0 Å². The fraction of sp³-hybridized carbons (Fsp3) is 0.571. The van der Waals surface area contributed by atoms with Crippen LogP contribution in [-0.2, 0) is 47.2 Å². The van der Waals surface area contributed by atoms with Crippen molar-refractivity contribution < 1.29 is 38.1 Å². The number of benzene rings is 2. The minimum Gasteiger partial charge on any atom is -0.461 e.